The molecule has 1 saturated heterocycles. The highest BCUT2D eigenvalue weighted by atomic mass is 35.5. The topological polar surface area (TPSA) is 131 Å². The van der Waals surface area contributed by atoms with Crippen molar-refractivity contribution >= 4 is 45.0 Å². The lowest BCUT2D eigenvalue weighted by molar-refractivity contribution is -0.380. The van der Waals surface area contributed by atoms with Crippen LogP contribution in [0.2, 0.25) is 5.02 Å². The molecule has 0 spiro atoms. The van der Waals surface area contributed by atoms with Gasteiger partial charge in [0, 0.05) is 17.5 Å². The summed E-state index contributed by atoms with van der Waals surface area (Å²) in [6.07, 6.45) is 1.90. The first-order valence-electron chi connectivity index (χ1n) is 8.07. The minimum Gasteiger partial charge on any atom is -0.351 e. The average molecular weight is 410 g/mol. The van der Waals surface area contributed by atoms with Crippen LogP contribution in [0.25, 0.3) is 0 Å². The lowest BCUT2D eigenvalue weighted by Gasteiger charge is -2.38. The van der Waals surface area contributed by atoms with E-state index in [9.17, 15) is 19.7 Å². The number of urea groups is 1. The first-order valence-corrected chi connectivity index (χ1v) is 9.27. The van der Waals surface area contributed by atoms with Gasteiger partial charge in [-0.15, -0.1) is 0 Å². The molecule has 1 aliphatic rings. The number of hydrogen-bond acceptors (Lipinski definition) is 6. The molecule has 1 aromatic heterocycles. The lowest BCUT2D eigenvalue weighted by Crippen LogP contribution is -2.46. The fraction of sp³-hybridized carbons (Fsp3) is 0.312. The fourth-order valence-electron chi connectivity index (χ4n) is 3.11. The van der Waals surface area contributed by atoms with E-state index in [4.69, 9.17) is 17.3 Å². The van der Waals surface area contributed by atoms with Crippen LogP contribution in [0, 0.1) is 16.0 Å². The second kappa shape index (κ2) is 7.89. The van der Waals surface area contributed by atoms with Crippen molar-refractivity contribution in [1.29, 1.82) is 0 Å². The number of primary amides is 1. The monoisotopic (exact) mass is 409 g/mol. The van der Waals surface area contributed by atoms with Crippen LogP contribution >= 0.6 is 22.9 Å². The number of thiazole rings is 1. The second-order valence-corrected chi connectivity index (χ2v) is 7.52. The number of halogens is 1. The molecule has 0 saturated carbocycles. The lowest BCUT2D eigenvalue weighted by atomic mass is 9.86. The van der Waals surface area contributed by atoms with Gasteiger partial charge in [-0.25, -0.2) is 9.78 Å². The van der Waals surface area contributed by atoms with Gasteiger partial charge in [-0.3, -0.25) is 14.9 Å². The normalized spacial score (nSPS) is 19.5. The minimum atomic E-state index is -0.562. The predicted octanol–water partition coefficient (Wildman–Crippen LogP) is 3.18. The number of nitrogens with two attached hydrogens (primary N) is 1. The van der Waals surface area contributed by atoms with Crippen LogP contribution in [-0.2, 0) is 4.79 Å². The van der Waals surface area contributed by atoms with Gasteiger partial charge in [0.05, 0.1) is 11.0 Å². The second-order valence-electron chi connectivity index (χ2n) is 6.07. The van der Waals surface area contributed by atoms with E-state index in [2.05, 4.69) is 10.3 Å². The molecule has 3 rings (SSSR count). The third-order valence-corrected chi connectivity index (χ3v) is 5.49. The molecule has 142 valence electrons. The van der Waals surface area contributed by atoms with Crippen LogP contribution in [-0.4, -0.2) is 33.3 Å². The van der Waals surface area contributed by atoms with E-state index in [1.165, 1.54) is 4.90 Å². The summed E-state index contributed by atoms with van der Waals surface area (Å²) < 4.78 is 0. The number of nitrogens with one attached hydrogen (secondary N) is 1. The quantitative estimate of drug-likeness (QED) is 0.591. The van der Waals surface area contributed by atoms with Crippen molar-refractivity contribution in [2.45, 2.75) is 18.9 Å². The number of benzene rings is 1. The summed E-state index contributed by atoms with van der Waals surface area (Å²) in [4.78, 5) is 39.9. The average Bonchev–Trinajstić information content (AvgIpc) is 3.10. The summed E-state index contributed by atoms with van der Waals surface area (Å²) in [6.45, 7) is 0.322. The van der Waals surface area contributed by atoms with Crippen molar-refractivity contribution in [2.24, 2.45) is 11.7 Å². The van der Waals surface area contributed by atoms with E-state index in [1.54, 1.807) is 18.2 Å². The number of nitro groups is 1. The van der Waals surface area contributed by atoms with Crippen molar-refractivity contribution < 1.29 is 14.5 Å². The molecule has 1 fully saturated rings. The highest BCUT2D eigenvalue weighted by Crippen LogP contribution is 2.36. The molecule has 2 heterocycles. The van der Waals surface area contributed by atoms with Crippen molar-refractivity contribution in [3.05, 3.63) is 51.2 Å². The third-order valence-electron chi connectivity index (χ3n) is 4.39. The molecule has 27 heavy (non-hydrogen) atoms. The van der Waals surface area contributed by atoms with Gasteiger partial charge in [0.2, 0.25) is 5.91 Å². The molecule has 1 aromatic carbocycles. The Kier molecular flexibility index (Phi) is 5.57. The van der Waals surface area contributed by atoms with Gasteiger partial charge in [0.25, 0.3) is 0 Å². The fourth-order valence-corrected chi connectivity index (χ4v) is 3.95. The molecular formula is C16H16ClN5O4S. The maximum atomic E-state index is 12.6. The molecule has 9 nitrogen and oxygen atoms in total. The Morgan fingerprint density at radius 3 is 2.85 bits per heavy atom. The Bertz CT molecular complexity index is 889. The molecule has 3 N–H and O–H groups in total. The molecule has 0 radical (unpaired) electrons. The summed E-state index contributed by atoms with van der Waals surface area (Å²) in [5.74, 6) is -0.692. The van der Waals surface area contributed by atoms with Crippen LogP contribution < -0.4 is 11.1 Å². The van der Waals surface area contributed by atoms with E-state index >= 15 is 0 Å². The molecule has 2 atom stereocenters. The molecule has 0 aliphatic carbocycles. The van der Waals surface area contributed by atoms with Gasteiger partial charge >= 0.3 is 11.0 Å². The van der Waals surface area contributed by atoms with E-state index in [0.717, 1.165) is 23.1 Å². The molecule has 11 heteroatoms. The summed E-state index contributed by atoms with van der Waals surface area (Å²) >= 11 is 6.84. The zero-order valence-electron chi connectivity index (χ0n) is 14.0. The van der Waals surface area contributed by atoms with Crippen LogP contribution in [0.1, 0.15) is 24.4 Å². The number of piperidine rings is 1. The summed E-state index contributed by atoms with van der Waals surface area (Å²) in [7, 11) is 0. The number of nitrogens with zero attached hydrogens (tertiary/aromatic N) is 3. The highest BCUT2D eigenvalue weighted by Gasteiger charge is 2.35. The Balaban J connectivity index is 1.75. The van der Waals surface area contributed by atoms with Crippen LogP contribution in [0.15, 0.2) is 30.5 Å². The third kappa shape index (κ3) is 4.34. The van der Waals surface area contributed by atoms with E-state index in [1.807, 2.05) is 6.07 Å². The molecule has 2 aromatic rings. The Hall–Kier alpha value is -2.72. The van der Waals surface area contributed by atoms with Crippen molar-refractivity contribution in [2.75, 3.05) is 11.9 Å². The summed E-state index contributed by atoms with van der Waals surface area (Å²) in [5, 5.41) is 13.9. The van der Waals surface area contributed by atoms with Crippen LogP contribution in [0.4, 0.5) is 14.9 Å². The van der Waals surface area contributed by atoms with E-state index < -0.39 is 16.9 Å². The van der Waals surface area contributed by atoms with Gasteiger partial charge in [-0.05, 0) is 41.9 Å². The van der Waals surface area contributed by atoms with E-state index in [-0.39, 0.29) is 22.1 Å². The molecular weight excluding hydrogens is 394 g/mol. The zero-order chi connectivity index (χ0) is 19.6. The number of hydrogen-bond donors (Lipinski definition) is 2. The molecule has 1 aliphatic heterocycles. The number of carbonyl (C=O) groups excluding carboxylic acids is 2. The number of anilines is 1. The predicted molar refractivity (Wildman–Crippen MR) is 101 cm³/mol. The number of carbonyl (C=O) groups is 2. The molecule has 3 amide bonds. The van der Waals surface area contributed by atoms with Crippen molar-refractivity contribution in [1.82, 2.24) is 9.88 Å². The number of likely N-dealkylation sites (tertiary alicyclic amines) is 1. The maximum Gasteiger partial charge on any atom is 0.345 e. The molecule has 0 bridgehead atoms. The Labute approximate surface area is 163 Å². The Morgan fingerprint density at radius 1 is 1.44 bits per heavy atom. The number of aromatic nitrogens is 1. The van der Waals surface area contributed by atoms with Gasteiger partial charge in [0.15, 0.2) is 5.13 Å². The van der Waals surface area contributed by atoms with Crippen molar-refractivity contribution in [3.63, 3.8) is 0 Å². The van der Waals surface area contributed by atoms with Gasteiger partial charge in [0.1, 0.15) is 6.20 Å². The largest absolute Gasteiger partial charge is 0.351 e. The van der Waals surface area contributed by atoms with Crippen LogP contribution in [0.5, 0.6) is 0 Å². The minimum absolute atomic E-state index is 0.148. The first kappa shape index (κ1) is 19.1. The standard InChI is InChI=1S/C16H16ClN5O4S/c17-11-3-1-2-9(6-11)12-7-10(4-5-21(12)15(18)24)14(23)20-16-19-8-13(27-16)22(25)26/h1-3,6,8,10,12H,4-5,7H2,(H2,18,24)(H,19,20,23). The van der Waals surface area contributed by atoms with Crippen molar-refractivity contribution in [3.8, 4) is 0 Å². The number of amides is 3. The zero-order valence-corrected chi connectivity index (χ0v) is 15.6. The van der Waals surface area contributed by atoms with E-state index in [0.29, 0.717) is 24.4 Å². The van der Waals surface area contributed by atoms with Gasteiger partial charge < -0.3 is 16.0 Å². The highest BCUT2D eigenvalue weighted by molar-refractivity contribution is 7.18. The van der Waals surface area contributed by atoms with Gasteiger partial charge in [-0.2, -0.15) is 0 Å². The smallest absolute Gasteiger partial charge is 0.345 e. The van der Waals surface area contributed by atoms with Gasteiger partial charge in [-0.1, -0.05) is 23.7 Å². The first-order chi connectivity index (χ1) is 12.8. The number of rotatable bonds is 4. The summed E-state index contributed by atoms with van der Waals surface area (Å²) in [5.41, 5.74) is 6.29. The summed E-state index contributed by atoms with van der Waals surface area (Å²) in [6, 6.07) is 6.13. The maximum absolute atomic E-state index is 12.6. The SMILES string of the molecule is NC(=O)N1CCC(C(=O)Nc2ncc([N+](=O)[O-])s2)CC1c1cccc(Cl)c1. The Morgan fingerprint density at radius 2 is 2.22 bits per heavy atom. The van der Waals surface area contributed by atoms with Crippen LogP contribution in [0.3, 0.4) is 0 Å². The molecule has 2 unspecified atom stereocenters.